The van der Waals surface area contributed by atoms with E-state index in [0.29, 0.717) is 47.2 Å². The van der Waals surface area contributed by atoms with E-state index in [9.17, 15) is 9.59 Å². The summed E-state index contributed by atoms with van der Waals surface area (Å²) in [5, 5.41) is 1.09. The van der Waals surface area contributed by atoms with E-state index in [1.807, 2.05) is 18.7 Å². The molecule has 0 saturated heterocycles. The van der Waals surface area contributed by atoms with Gasteiger partial charge in [0.25, 0.3) is 5.56 Å². The van der Waals surface area contributed by atoms with Crippen LogP contribution in [0, 0.1) is 5.92 Å². The van der Waals surface area contributed by atoms with Crippen LogP contribution in [0.15, 0.2) is 23.0 Å². The highest BCUT2D eigenvalue weighted by molar-refractivity contribution is 6.31. The highest BCUT2D eigenvalue weighted by Crippen LogP contribution is 2.24. The van der Waals surface area contributed by atoms with Gasteiger partial charge in [-0.05, 0) is 44.4 Å². The first-order valence-corrected chi connectivity index (χ1v) is 10.2. The zero-order valence-corrected chi connectivity index (χ0v) is 17.7. The Balaban J connectivity index is 2.56. The maximum Gasteiger partial charge on any atom is 0.261 e. The number of amides is 1. The summed E-state index contributed by atoms with van der Waals surface area (Å²) in [6.45, 7) is 11.3. The first-order valence-electron chi connectivity index (χ1n) is 9.79. The summed E-state index contributed by atoms with van der Waals surface area (Å²) >= 11 is 6.10. The van der Waals surface area contributed by atoms with E-state index in [4.69, 9.17) is 16.6 Å². The fourth-order valence-electron chi connectivity index (χ4n) is 3.32. The number of hydrogen-bond donors (Lipinski definition) is 0. The fourth-order valence-corrected chi connectivity index (χ4v) is 3.48. The molecule has 27 heavy (non-hydrogen) atoms. The van der Waals surface area contributed by atoms with Crippen LogP contribution in [-0.2, 0) is 11.3 Å². The fraction of sp³-hybridized carbons (Fsp3) is 0.571. The highest BCUT2D eigenvalue weighted by Gasteiger charge is 2.26. The van der Waals surface area contributed by atoms with Gasteiger partial charge < -0.3 is 4.90 Å². The van der Waals surface area contributed by atoms with Crippen LogP contribution in [-0.4, -0.2) is 26.9 Å². The number of carbonyl (C=O) groups is 1. The van der Waals surface area contributed by atoms with Gasteiger partial charge in [0.05, 0.1) is 16.9 Å². The smallest absolute Gasteiger partial charge is 0.261 e. The van der Waals surface area contributed by atoms with Crippen molar-refractivity contribution in [2.75, 3.05) is 6.54 Å². The van der Waals surface area contributed by atoms with E-state index in [0.717, 1.165) is 12.8 Å². The van der Waals surface area contributed by atoms with E-state index in [1.165, 1.54) is 0 Å². The van der Waals surface area contributed by atoms with Crippen molar-refractivity contribution in [2.24, 2.45) is 5.92 Å². The van der Waals surface area contributed by atoms with Crippen LogP contribution >= 0.6 is 11.6 Å². The molecular formula is C21H30ClN3O2. The van der Waals surface area contributed by atoms with Crippen molar-refractivity contribution in [3.8, 4) is 0 Å². The first-order chi connectivity index (χ1) is 12.8. The van der Waals surface area contributed by atoms with E-state index in [1.54, 1.807) is 22.8 Å². The largest absolute Gasteiger partial charge is 0.333 e. The molecule has 2 aromatic rings. The van der Waals surface area contributed by atoms with Crippen molar-refractivity contribution in [2.45, 2.75) is 66.5 Å². The number of nitrogens with zero attached hydrogens (tertiary/aromatic N) is 3. The summed E-state index contributed by atoms with van der Waals surface area (Å²) in [7, 11) is 0. The van der Waals surface area contributed by atoms with Crippen molar-refractivity contribution < 1.29 is 4.79 Å². The molecule has 0 bridgehead atoms. The van der Waals surface area contributed by atoms with Crippen LogP contribution in [0.4, 0.5) is 0 Å². The van der Waals surface area contributed by atoms with Crippen LogP contribution in [0.3, 0.4) is 0 Å². The molecule has 2 rings (SSSR count). The lowest BCUT2D eigenvalue weighted by Crippen LogP contribution is -2.39. The quantitative estimate of drug-likeness (QED) is 0.649. The normalized spacial score (nSPS) is 12.6. The molecular weight excluding hydrogens is 362 g/mol. The monoisotopic (exact) mass is 391 g/mol. The second-order valence-corrected chi connectivity index (χ2v) is 7.84. The molecule has 6 heteroatoms. The second-order valence-electron chi connectivity index (χ2n) is 7.40. The predicted molar refractivity (Wildman–Crippen MR) is 111 cm³/mol. The van der Waals surface area contributed by atoms with Crippen molar-refractivity contribution in [1.29, 1.82) is 0 Å². The molecule has 0 aliphatic carbocycles. The van der Waals surface area contributed by atoms with Crippen molar-refractivity contribution >= 4 is 28.4 Å². The van der Waals surface area contributed by atoms with Crippen LogP contribution < -0.4 is 5.56 Å². The molecule has 0 radical (unpaired) electrons. The Hall–Kier alpha value is -1.88. The number of fused-ring (bicyclic) bond motifs is 1. The molecule has 0 N–H and O–H groups in total. The Bertz CT molecular complexity index is 860. The first kappa shape index (κ1) is 21.4. The molecule has 1 aromatic heterocycles. The summed E-state index contributed by atoms with van der Waals surface area (Å²) in [4.78, 5) is 32.4. The number of carbonyl (C=O) groups excluding carboxylic acids is 1. The molecule has 148 valence electrons. The zero-order chi connectivity index (χ0) is 20.1. The van der Waals surface area contributed by atoms with Crippen molar-refractivity contribution in [3.63, 3.8) is 0 Å². The Morgan fingerprint density at radius 2 is 1.96 bits per heavy atom. The Kier molecular flexibility index (Phi) is 7.42. The molecule has 0 fully saturated rings. The minimum atomic E-state index is -0.284. The van der Waals surface area contributed by atoms with Crippen LogP contribution in [0.25, 0.3) is 10.9 Å². The number of hydrogen-bond acceptors (Lipinski definition) is 3. The highest BCUT2D eigenvalue weighted by atomic mass is 35.5. The average molecular weight is 392 g/mol. The minimum Gasteiger partial charge on any atom is -0.333 e. The van der Waals surface area contributed by atoms with E-state index in [-0.39, 0.29) is 17.5 Å². The maximum atomic E-state index is 13.0. The summed E-state index contributed by atoms with van der Waals surface area (Å²) in [6.07, 6.45) is 2.35. The lowest BCUT2D eigenvalue weighted by atomic mass is 10.1. The van der Waals surface area contributed by atoms with Gasteiger partial charge >= 0.3 is 0 Å². The third kappa shape index (κ3) is 4.89. The van der Waals surface area contributed by atoms with Crippen molar-refractivity contribution in [3.05, 3.63) is 39.4 Å². The number of aromatic nitrogens is 2. The third-order valence-electron chi connectivity index (χ3n) is 4.73. The Labute approximate surface area is 166 Å². The van der Waals surface area contributed by atoms with E-state index >= 15 is 0 Å². The van der Waals surface area contributed by atoms with E-state index in [2.05, 4.69) is 20.8 Å². The number of rotatable bonds is 8. The summed E-state index contributed by atoms with van der Waals surface area (Å²) in [5.41, 5.74) is 0.482. The van der Waals surface area contributed by atoms with Crippen LogP contribution in [0.1, 0.15) is 65.7 Å². The molecule has 5 nitrogen and oxygen atoms in total. The molecule has 0 saturated carbocycles. The maximum absolute atomic E-state index is 13.0. The molecule has 1 amide bonds. The number of unbranched alkanes of at least 4 members (excludes halogenated alkanes) is 1. The standard InChI is InChI=1S/C21H30ClN3O2/c1-6-8-9-19(26)25(13-14(3)4)15(5)20-23-18-12-16(22)10-11-17(18)21(27)24(20)7-2/h10-12,14-15H,6-9,13H2,1-5H3. The lowest BCUT2D eigenvalue weighted by molar-refractivity contribution is -0.134. The van der Waals surface area contributed by atoms with Crippen molar-refractivity contribution in [1.82, 2.24) is 14.5 Å². The van der Waals surface area contributed by atoms with Gasteiger partial charge in [0, 0.05) is 24.5 Å². The molecule has 1 atom stereocenters. The van der Waals surface area contributed by atoms with Gasteiger partial charge in [0.15, 0.2) is 0 Å². The van der Waals surface area contributed by atoms with Gasteiger partial charge in [-0.2, -0.15) is 0 Å². The second kappa shape index (κ2) is 9.36. The average Bonchev–Trinajstić information content (AvgIpc) is 2.63. The van der Waals surface area contributed by atoms with Gasteiger partial charge in [-0.3, -0.25) is 14.2 Å². The topological polar surface area (TPSA) is 55.2 Å². The van der Waals surface area contributed by atoms with Gasteiger partial charge in [0.1, 0.15) is 5.82 Å². The molecule has 1 heterocycles. The predicted octanol–water partition coefficient (Wildman–Crippen LogP) is 4.81. The summed E-state index contributed by atoms with van der Waals surface area (Å²) in [5.74, 6) is 1.05. The summed E-state index contributed by atoms with van der Waals surface area (Å²) < 4.78 is 1.67. The van der Waals surface area contributed by atoms with Crippen LogP contribution in [0.2, 0.25) is 5.02 Å². The van der Waals surface area contributed by atoms with Gasteiger partial charge in [-0.25, -0.2) is 4.98 Å². The Morgan fingerprint density at radius 3 is 2.56 bits per heavy atom. The van der Waals surface area contributed by atoms with E-state index < -0.39 is 0 Å². The van der Waals surface area contributed by atoms with Crippen LogP contribution in [0.5, 0.6) is 0 Å². The van der Waals surface area contributed by atoms with Gasteiger partial charge in [0.2, 0.25) is 5.91 Å². The molecule has 1 aromatic carbocycles. The minimum absolute atomic E-state index is 0.0912. The number of benzene rings is 1. The molecule has 0 aliphatic rings. The zero-order valence-electron chi connectivity index (χ0n) is 17.0. The molecule has 0 aliphatic heterocycles. The Morgan fingerprint density at radius 1 is 1.26 bits per heavy atom. The van der Waals surface area contributed by atoms with Gasteiger partial charge in [-0.1, -0.05) is 38.8 Å². The molecule has 0 spiro atoms. The third-order valence-corrected chi connectivity index (χ3v) is 4.97. The SMILES string of the molecule is CCCCC(=O)N(CC(C)C)C(C)c1nc2cc(Cl)ccc2c(=O)n1CC. The van der Waals surface area contributed by atoms with Gasteiger partial charge in [-0.15, -0.1) is 0 Å². The molecule has 1 unspecified atom stereocenters. The summed E-state index contributed by atoms with van der Waals surface area (Å²) in [6, 6.07) is 4.84. The number of halogens is 1. The lowest BCUT2D eigenvalue weighted by Gasteiger charge is -2.32.